The van der Waals surface area contributed by atoms with Gasteiger partial charge in [-0.1, -0.05) is 0 Å². The maximum absolute atomic E-state index is 9.55. The number of carboxylic acid groups (broad SMARTS) is 1. The second-order valence-corrected chi connectivity index (χ2v) is 1.31. The molecule has 0 aliphatic rings. The summed E-state index contributed by atoms with van der Waals surface area (Å²) in [5, 5.41) is 7.86. The van der Waals surface area contributed by atoms with E-state index in [4.69, 9.17) is 5.11 Å². The van der Waals surface area contributed by atoms with Crippen LogP contribution in [0.3, 0.4) is 0 Å². The van der Waals surface area contributed by atoms with Crippen molar-refractivity contribution in [3.8, 4) is 0 Å². The van der Waals surface area contributed by atoms with Crippen molar-refractivity contribution in [2.24, 2.45) is 0 Å². The van der Waals surface area contributed by atoms with E-state index in [1.807, 2.05) is 0 Å². The van der Waals surface area contributed by atoms with Gasteiger partial charge in [-0.15, -0.1) is 0 Å². The fraction of sp³-hybridized carbons (Fsp3) is 0.667. The Morgan fingerprint density at radius 2 is 2.00 bits per heavy atom. The molecule has 0 saturated carbocycles. The molecule has 0 aliphatic carbocycles. The van der Waals surface area contributed by atoms with Crippen molar-refractivity contribution in [1.29, 1.82) is 0 Å². The second kappa shape index (κ2) is 11.2. The zero-order valence-corrected chi connectivity index (χ0v) is 4.61. The molecule has 0 spiro atoms. The zero-order valence-electron chi connectivity index (χ0n) is 3.72. The average molecular weight is 164 g/mol. The minimum absolute atomic E-state index is 0. The number of rotatable bonds is 2. The van der Waals surface area contributed by atoms with Crippen LogP contribution in [0.2, 0.25) is 0 Å². The van der Waals surface area contributed by atoms with Crippen molar-refractivity contribution in [3.63, 3.8) is 0 Å². The van der Waals surface area contributed by atoms with E-state index in [1.54, 1.807) is 0 Å². The van der Waals surface area contributed by atoms with Crippen LogP contribution in [0, 0.1) is 0 Å². The van der Waals surface area contributed by atoms with Gasteiger partial charge in [-0.3, -0.25) is 4.79 Å². The quantitative estimate of drug-likeness (QED) is 0.402. The summed E-state index contributed by atoms with van der Waals surface area (Å²) in [6, 6.07) is 0. The molecule has 0 aromatic heterocycles. The normalized spacial score (nSPS) is 6.12. The first kappa shape index (κ1) is 16.2. The fourth-order valence-electron chi connectivity index (χ4n) is 0.0956. The minimum atomic E-state index is -0.787. The summed E-state index contributed by atoms with van der Waals surface area (Å²) in [5.74, 6) is -0.361. The number of hydrogen-bond donors (Lipinski definition) is 2. The van der Waals surface area contributed by atoms with Gasteiger partial charge in [-0.05, 0) is 0 Å². The molecule has 3 nitrogen and oxygen atoms in total. The summed E-state index contributed by atoms with van der Waals surface area (Å²) in [7, 11) is 0. The van der Waals surface area contributed by atoms with E-state index in [9.17, 15) is 4.79 Å². The molecule has 0 atom stereocenters. The monoisotopic (exact) mass is 164 g/mol. The molecule has 0 amide bonds. The molecule has 8 heavy (non-hydrogen) atoms. The second-order valence-electron chi connectivity index (χ2n) is 0.867. The molecule has 0 aromatic carbocycles. The first-order valence-electron chi connectivity index (χ1n) is 1.60. The van der Waals surface area contributed by atoms with Crippen LogP contribution in [-0.4, -0.2) is 73.7 Å². The van der Waals surface area contributed by atoms with Gasteiger partial charge >= 0.3 is 57.4 Å². The summed E-state index contributed by atoms with van der Waals surface area (Å²) in [6.45, 7) is 0. The van der Waals surface area contributed by atoms with Crippen LogP contribution in [-0.2, 0) is 4.79 Å². The van der Waals surface area contributed by atoms with Gasteiger partial charge < -0.3 is 10.6 Å². The van der Waals surface area contributed by atoms with E-state index in [0.29, 0.717) is 5.75 Å². The Bertz CT molecular complexity index is 58.5. The summed E-state index contributed by atoms with van der Waals surface area (Å²) in [6.07, 6.45) is 0.156. The molecule has 3 N–H and O–H groups in total. The van der Waals surface area contributed by atoms with Gasteiger partial charge in [0.15, 0.2) is 0 Å². The predicted octanol–water partition coefficient (Wildman–Crippen LogP) is -1.08. The molecule has 0 bridgehead atoms. The molecular formula is C3H9KO3S. The molecule has 0 aromatic rings. The van der Waals surface area contributed by atoms with E-state index >= 15 is 0 Å². The Morgan fingerprint density at radius 1 is 1.62 bits per heavy atom. The molecule has 0 fully saturated rings. The van der Waals surface area contributed by atoms with E-state index in [-0.39, 0.29) is 63.3 Å². The molecule has 5 heteroatoms. The summed E-state index contributed by atoms with van der Waals surface area (Å²) in [5.41, 5.74) is 0. The van der Waals surface area contributed by atoms with Crippen LogP contribution in [0.4, 0.5) is 0 Å². The van der Waals surface area contributed by atoms with Crippen molar-refractivity contribution in [2.75, 3.05) is 5.75 Å². The van der Waals surface area contributed by atoms with Crippen LogP contribution < -0.4 is 0 Å². The number of aliphatic carboxylic acids is 1. The van der Waals surface area contributed by atoms with Crippen LogP contribution in [0.25, 0.3) is 0 Å². The van der Waals surface area contributed by atoms with Crippen LogP contribution in [0.15, 0.2) is 0 Å². The Hall–Kier alpha value is 1.42. The zero-order chi connectivity index (χ0) is 4.99. The van der Waals surface area contributed by atoms with Gasteiger partial charge in [0, 0.05) is 5.75 Å². The topological polar surface area (TPSA) is 68.8 Å². The SMILES string of the molecule is O.O=C(O)CCS.[KH]. The molecular weight excluding hydrogens is 155 g/mol. The Balaban J connectivity index is -0.000000125. The van der Waals surface area contributed by atoms with Gasteiger partial charge in [-0.25, -0.2) is 0 Å². The van der Waals surface area contributed by atoms with E-state index in [1.165, 1.54) is 0 Å². The van der Waals surface area contributed by atoms with Gasteiger partial charge in [0.1, 0.15) is 0 Å². The Kier molecular flexibility index (Phi) is 22.8. The van der Waals surface area contributed by atoms with E-state index in [2.05, 4.69) is 12.6 Å². The number of carboxylic acids is 1. The van der Waals surface area contributed by atoms with Gasteiger partial charge in [0.05, 0.1) is 6.42 Å². The fourth-order valence-corrected chi connectivity index (χ4v) is 0.287. The van der Waals surface area contributed by atoms with Gasteiger partial charge in [0.25, 0.3) is 0 Å². The molecule has 0 unspecified atom stereocenters. The van der Waals surface area contributed by atoms with Gasteiger partial charge in [0.2, 0.25) is 0 Å². The predicted molar refractivity (Wildman–Crippen MR) is 36.9 cm³/mol. The van der Waals surface area contributed by atoms with Gasteiger partial charge in [-0.2, -0.15) is 12.6 Å². The standard InChI is InChI=1S/C3H6O2S.K.H2O.H/c4-3(5)1-2-6;;;/h6H,1-2H2,(H,4,5);;1H2;. The molecule has 46 valence electrons. The summed E-state index contributed by atoms with van der Waals surface area (Å²) >= 11 is 3.68. The first-order valence-corrected chi connectivity index (χ1v) is 2.23. The molecule has 0 aliphatic heterocycles. The van der Waals surface area contributed by atoms with Crippen molar-refractivity contribution >= 4 is 70.0 Å². The third kappa shape index (κ3) is 15.7. The number of carbonyl (C=O) groups is 1. The number of hydrogen-bond acceptors (Lipinski definition) is 2. The maximum atomic E-state index is 9.55. The van der Waals surface area contributed by atoms with Crippen LogP contribution in [0.5, 0.6) is 0 Å². The van der Waals surface area contributed by atoms with Crippen molar-refractivity contribution in [2.45, 2.75) is 6.42 Å². The summed E-state index contributed by atoms with van der Waals surface area (Å²) in [4.78, 5) is 9.55. The average Bonchev–Trinajstić information content (AvgIpc) is 1.35. The van der Waals surface area contributed by atoms with Crippen LogP contribution in [0.1, 0.15) is 6.42 Å². The Labute approximate surface area is 96.0 Å². The van der Waals surface area contributed by atoms with Crippen molar-refractivity contribution < 1.29 is 15.4 Å². The van der Waals surface area contributed by atoms with E-state index < -0.39 is 5.97 Å². The number of thiol groups is 1. The third-order valence-corrected chi connectivity index (χ3v) is 0.549. The molecule has 0 rings (SSSR count). The van der Waals surface area contributed by atoms with Crippen molar-refractivity contribution in [1.82, 2.24) is 0 Å². The third-order valence-electron chi connectivity index (χ3n) is 0.326. The molecule has 0 heterocycles. The first-order chi connectivity index (χ1) is 2.77. The van der Waals surface area contributed by atoms with Crippen LogP contribution >= 0.6 is 12.6 Å². The Morgan fingerprint density at radius 3 is 2.00 bits per heavy atom. The van der Waals surface area contributed by atoms with Crippen molar-refractivity contribution in [3.05, 3.63) is 0 Å². The molecule has 0 saturated heterocycles. The molecule has 0 radical (unpaired) electrons. The van der Waals surface area contributed by atoms with E-state index in [0.717, 1.165) is 0 Å². The summed E-state index contributed by atoms with van der Waals surface area (Å²) < 4.78 is 0.